The van der Waals surface area contributed by atoms with Crippen LogP contribution in [-0.2, 0) is 17.1 Å². The van der Waals surface area contributed by atoms with Crippen LogP contribution in [0.3, 0.4) is 0 Å². The molecule has 0 saturated carbocycles. The number of carbonyl (C=O) groups excluding carboxylic acids is 1. The van der Waals surface area contributed by atoms with Crippen LogP contribution in [0.15, 0.2) is 65.7 Å². The third-order valence-corrected chi connectivity index (χ3v) is 5.93. The van der Waals surface area contributed by atoms with Gasteiger partial charge in [-0.05, 0) is 43.3 Å². The zero-order chi connectivity index (χ0) is 19.6. The quantitative estimate of drug-likeness (QED) is 0.733. The number of aryl methyl sites for hydroxylation is 2. The Bertz CT molecular complexity index is 1060. The van der Waals surface area contributed by atoms with E-state index in [0.717, 1.165) is 5.56 Å². The number of nitrogens with zero attached hydrogens (tertiary/aromatic N) is 3. The minimum absolute atomic E-state index is 0.215. The van der Waals surface area contributed by atoms with Crippen LogP contribution >= 0.6 is 0 Å². The molecular weight excluding hydrogens is 364 g/mol. The van der Waals surface area contributed by atoms with Crippen molar-refractivity contribution in [2.24, 2.45) is 7.05 Å². The van der Waals surface area contributed by atoms with Crippen molar-refractivity contribution >= 4 is 27.4 Å². The zero-order valence-corrected chi connectivity index (χ0v) is 16.1. The van der Waals surface area contributed by atoms with E-state index in [0.29, 0.717) is 17.1 Å². The molecule has 1 heterocycles. The third-order valence-electron chi connectivity index (χ3n) is 4.13. The minimum Gasteiger partial charge on any atom is -0.305 e. The third kappa shape index (κ3) is 4.01. The first-order valence-electron chi connectivity index (χ1n) is 8.24. The van der Waals surface area contributed by atoms with Gasteiger partial charge in [0, 0.05) is 31.9 Å². The van der Waals surface area contributed by atoms with Crippen molar-refractivity contribution in [2.75, 3.05) is 16.7 Å². The maximum Gasteiger partial charge on any atom is 0.264 e. The molecule has 2 aromatic carbocycles. The van der Waals surface area contributed by atoms with Crippen LogP contribution in [0.25, 0.3) is 0 Å². The summed E-state index contributed by atoms with van der Waals surface area (Å²) < 4.78 is 28.3. The van der Waals surface area contributed by atoms with E-state index in [9.17, 15) is 13.2 Å². The molecule has 0 unspecified atom stereocenters. The molecule has 0 aliphatic heterocycles. The molecule has 0 fully saturated rings. The second-order valence-corrected chi connectivity index (χ2v) is 8.13. The van der Waals surface area contributed by atoms with Gasteiger partial charge in [0.2, 0.25) is 0 Å². The maximum atomic E-state index is 12.7. The van der Waals surface area contributed by atoms with Gasteiger partial charge in [-0.2, -0.15) is 5.10 Å². The normalized spacial score (nSPS) is 11.2. The fraction of sp³-hybridized carbons (Fsp3) is 0.158. The van der Waals surface area contributed by atoms with Crippen molar-refractivity contribution in [2.45, 2.75) is 11.8 Å². The Morgan fingerprint density at radius 2 is 1.67 bits per heavy atom. The Labute approximate surface area is 158 Å². The topological polar surface area (TPSA) is 84.3 Å². The monoisotopic (exact) mass is 384 g/mol. The highest BCUT2D eigenvalue weighted by Crippen LogP contribution is 2.23. The number of aromatic nitrogens is 2. The molecule has 140 valence electrons. The highest BCUT2D eigenvalue weighted by molar-refractivity contribution is 7.92. The van der Waals surface area contributed by atoms with Crippen LogP contribution in [0.4, 0.5) is 11.5 Å². The van der Waals surface area contributed by atoms with Crippen LogP contribution in [0.1, 0.15) is 15.9 Å². The second-order valence-electron chi connectivity index (χ2n) is 6.16. The van der Waals surface area contributed by atoms with E-state index in [1.165, 1.54) is 11.4 Å². The van der Waals surface area contributed by atoms with Gasteiger partial charge in [-0.3, -0.25) is 13.8 Å². The van der Waals surface area contributed by atoms with Gasteiger partial charge in [-0.25, -0.2) is 8.42 Å². The standard InChI is InChI=1S/C19H20N4O3S/c1-14-4-10-17(11-5-14)27(25,26)23(3)16-8-6-15(7-9-16)19(24)20-18-12-13-22(2)21-18/h4-13H,1-3H3,(H,20,21,24). The molecule has 7 nitrogen and oxygen atoms in total. The van der Waals surface area contributed by atoms with Crippen molar-refractivity contribution in [1.82, 2.24) is 9.78 Å². The highest BCUT2D eigenvalue weighted by atomic mass is 32.2. The van der Waals surface area contributed by atoms with E-state index >= 15 is 0 Å². The van der Waals surface area contributed by atoms with Gasteiger partial charge in [0.05, 0.1) is 10.6 Å². The summed E-state index contributed by atoms with van der Waals surface area (Å²) >= 11 is 0. The molecular formula is C19H20N4O3S. The fourth-order valence-corrected chi connectivity index (χ4v) is 3.70. The first kappa shape index (κ1) is 18.7. The largest absolute Gasteiger partial charge is 0.305 e. The number of anilines is 2. The number of amides is 1. The molecule has 0 aliphatic carbocycles. The average molecular weight is 384 g/mol. The number of sulfonamides is 1. The van der Waals surface area contributed by atoms with E-state index in [-0.39, 0.29) is 10.8 Å². The van der Waals surface area contributed by atoms with E-state index < -0.39 is 10.0 Å². The molecule has 0 radical (unpaired) electrons. The number of benzene rings is 2. The molecule has 1 N–H and O–H groups in total. The Morgan fingerprint density at radius 1 is 1.04 bits per heavy atom. The number of carbonyl (C=O) groups is 1. The van der Waals surface area contributed by atoms with Crippen molar-refractivity contribution in [1.29, 1.82) is 0 Å². The molecule has 0 bridgehead atoms. The van der Waals surface area contributed by atoms with Gasteiger partial charge in [0.1, 0.15) is 0 Å². The molecule has 1 amide bonds. The van der Waals surface area contributed by atoms with Gasteiger partial charge in [-0.15, -0.1) is 0 Å². The molecule has 27 heavy (non-hydrogen) atoms. The average Bonchev–Trinajstić information content (AvgIpc) is 3.06. The van der Waals surface area contributed by atoms with Gasteiger partial charge in [0.25, 0.3) is 15.9 Å². The fourth-order valence-electron chi connectivity index (χ4n) is 2.50. The summed E-state index contributed by atoms with van der Waals surface area (Å²) in [6.07, 6.45) is 1.73. The van der Waals surface area contributed by atoms with Crippen molar-refractivity contribution in [3.63, 3.8) is 0 Å². The summed E-state index contributed by atoms with van der Waals surface area (Å²) in [4.78, 5) is 12.5. The lowest BCUT2D eigenvalue weighted by molar-refractivity contribution is 0.102. The molecule has 0 spiro atoms. The molecule has 0 aliphatic rings. The van der Waals surface area contributed by atoms with E-state index in [4.69, 9.17) is 0 Å². The first-order chi connectivity index (χ1) is 12.8. The molecule has 0 atom stereocenters. The first-order valence-corrected chi connectivity index (χ1v) is 9.68. The SMILES string of the molecule is Cc1ccc(S(=O)(=O)N(C)c2ccc(C(=O)Nc3ccn(C)n3)cc2)cc1. The van der Waals surface area contributed by atoms with Crippen LogP contribution in [-0.4, -0.2) is 31.2 Å². The maximum absolute atomic E-state index is 12.7. The smallest absolute Gasteiger partial charge is 0.264 e. The molecule has 8 heteroatoms. The summed E-state index contributed by atoms with van der Waals surface area (Å²) in [6, 6.07) is 14.7. The minimum atomic E-state index is -3.67. The van der Waals surface area contributed by atoms with E-state index in [1.54, 1.807) is 72.5 Å². The van der Waals surface area contributed by atoms with Crippen LogP contribution in [0.2, 0.25) is 0 Å². The van der Waals surface area contributed by atoms with Crippen LogP contribution in [0, 0.1) is 6.92 Å². The molecule has 1 aromatic heterocycles. The van der Waals surface area contributed by atoms with E-state index in [1.807, 2.05) is 6.92 Å². The van der Waals surface area contributed by atoms with Crippen molar-refractivity contribution in [3.8, 4) is 0 Å². The summed E-state index contributed by atoms with van der Waals surface area (Å²) in [5, 5.41) is 6.78. The number of hydrogen-bond acceptors (Lipinski definition) is 4. The van der Waals surface area contributed by atoms with Gasteiger partial charge in [-0.1, -0.05) is 17.7 Å². The molecule has 3 rings (SSSR count). The summed E-state index contributed by atoms with van der Waals surface area (Å²) in [5.74, 6) is 0.134. The van der Waals surface area contributed by atoms with Gasteiger partial charge < -0.3 is 5.32 Å². The highest BCUT2D eigenvalue weighted by Gasteiger charge is 2.21. The molecule has 3 aromatic rings. The number of hydrogen-bond donors (Lipinski definition) is 1. The van der Waals surface area contributed by atoms with Crippen LogP contribution in [0.5, 0.6) is 0 Å². The van der Waals surface area contributed by atoms with Crippen molar-refractivity contribution < 1.29 is 13.2 Å². The second kappa shape index (κ2) is 7.24. The lowest BCUT2D eigenvalue weighted by Crippen LogP contribution is -2.26. The summed E-state index contributed by atoms with van der Waals surface area (Å²) in [6.45, 7) is 1.90. The Hall–Kier alpha value is -3.13. The Morgan fingerprint density at radius 3 is 2.22 bits per heavy atom. The van der Waals surface area contributed by atoms with Gasteiger partial charge in [0.15, 0.2) is 5.82 Å². The number of nitrogens with one attached hydrogen (secondary N) is 1. The molecule has 0 saturated heterocycles. The predicted molar refractivity (Wildman–Crippen MR) is 104 cm³/mol. The van der Waals surface area contributed by atoms with E-state index in [2.05, 4.69) is 10.4 Å². The zero-order valence-electron chi connectivity index (χ0n) is 15.2. The van der Waals surface area contributed by atoms with Crippen LogP contribution < -0.4 is 9.62 Å². The van der Waals surface area contributed by atoms with Gasteiger partial charge >= 0.3 is 0 Å². The van der Waals surface area contributed by atoms with Crippen molar-refractivity contribution in [3.05, 3.63) is 71.9 Å². The summed E-state index contributed by atoms with van der Waals surface area (Å²) in [5.41, 5.74) is 1.86. The summed E-state index contributed by atoms with van der Waals surface area (Å²) in [7, 11) is -0.425. The lowest BCUT2D eigenvalue weighted by atomic mass is 10.2. The lowest BCUT2D eigenvalue weighted by Gasteiger charge is -2.20. The number of rotatable bonds is 5. The Balaban J connectivity index is 1.77. The Kier molecular flexibility index (Phi) is 5.00. The predicted octanol–water partition coefficient (Wildman–Crippen LogP) is 2.81.